The molecule has 18 heavy (non-hydrogen) atoms. The summed E-state index contributed by atoms with van der Waals surface area (Å²) in [4.78, 5) is 2.45. The highest BCUT2D eigenvalue weighted by Crippen LogP contribution is 2.33. The minimum atomic E-state index is 0.0343. The Morgan fingerprint density at radius 1 is 1.28 bits per heavy atom. The van der Waals surface area contributed by atoms with Gasteiger partial charge in [0.05, 0.1) is 0 Å². The molecular weight excluding hydrogens is 224 g/mol. The van der Waals surface area contributed by atoms with Crippen LogP contribution in [0.5, 0.6) is 0 Å². The summed E-state index contributed by atoms with van der Waals surface area (Å²) in [5.74, 6) is 0.772. The minimum absolute atomic E-state index is 0.0343. The molecule has 1 saturated heterocycles. The minimum Gasteiger partial charge on any atom is -0.396 e. The number of nitrogens with zero attached hydrogens (tertiary/aromatic N) is 1. The summed E-state index contributed by atoms with van der Waals surface area (Å²) in [7, 11) is 2.23. The molecule has 0 aliphatic carbocycles. The molecule has 1 rings (SSSR count). The predicted octanol–water partition coefficient (Wildman–Crippen LogP) is 2.10. The van der Waals surface area contributed by atoms with Gasteiger partial charge >= 0.3 is 0 Å². The van der Waals surface area contributed by atoms with Crippen molar-refractivity contribution in [1.29, 1.82) is 0 Å². The van der Waals surface area contributed by atoms with Crippen molar-refractivity contribution >= 4 is 0 Å². The average molecular weight is 256 g/mol. The molecule has 1 fully saturated rings. The Morgan fingerprint density at radius 2 is 1.94 bits per heavy atom. The van der Waals surface area contributed by atoms with Crippen molar-refractivity contribution in [3.05, 3.63) is 0 Å². The second kappa shape index (κ2) is 6.36. The van der Waals surface area contributed by atoms with E-state index >= 15 is 0 Å². The van der Waals surface area contributed by atoms with Crippen LogP contribution in [0.25, 0.3) is 0 Å². The number of nitrogens with one attached hydrogen (secondary N) is 1. The molecule has 1 aliphatic rings. The van der Waals surface area contributed by atoms with Gasteiger partial charge in [0.1, 0.15) is 0 Å². The molecule has 0 aromatic carbocycles. The number of likely N-dealkylation sites (tertiary alicyclic amines) is 1. The van der Waals surface area contributed by atoms with Crippen LogP contribution < -0.4 is 5.32 Å². The lowest BCUT2D eigenvalue weighted by molar-refractivity contribution is 0.0931. The second-order valence-corrected chi connectivity index (χ2v) is 7.30. The van der Waals surface area contributed by atoms with Gasteiger partial charge in [-0.05, 0) is 58.0 Å². The Bertz CT molecular complexity index is 251. The molecule has 0 aromatic heterocycles. The van der Waals surface area contributed by atoms with Crippen LogP contribution in [0.3, 0.4) is 0 Å². The summed E-state index contributed by atoms with van der Waals surface area (Å²) in [5.41, 5.74) is 0.355. The number of piperidine rings is 1. The molecule has 0 amide bonds. The third-order valence-corrected chi connectivity index (χ3v) is 4.49. The van der Waals surface area contributed by atoms with Gasteiger partial charge in [0, 0.05) is 25.2 Å². The Hall–Kier alpha value is -0.120. The lowest BCUT2D eigenvalue weighted by Gasteiger charge is -2.42. The van der Waals surface area contributed by atoms with Crippen molar-refractivity contribution in [2.24, 2.45) is 11.3 Å². The third-order valence-electron chi connectivity index (χ3n) is 4.49. The first kappa shape index (κ1) is 15.9. The van der Waals surface area contributed by atoms with Crippen molar-refractivity contribution in [3.8, 4) is 0 Å². The molecule has 3 heteroatoms. The van der Waals surface area contributed by atoms with E-state index in [4.69, 9.17) is 5.11 Å². The quantitative estimate of drug-likeness (QED) is 0.764. The molecule has 1 unspecified atom stereocenters. The molecule has 1 atom stereocenters. The first-order chi connectivity index (χ1) is 8.27. The van der Waals surface area contributed by atoms with E-state index in [0.29, 0.717) is 5.41 Å². The van der Waals surface area contributed by atoms with Gasteiger partial charge in [-0.2, -0.15) is 0 Å². The van der Waals surface area contributed by atoms with Gasteiger partial charge in [-0.25, -0.2) is 0 Å². The Kier molecular flexibility index (Phi) is 5.63. The molecule has 1 aliphatic heterocycles. The van der Waals surface area contributed by atoms with Crippen molar-refractivity contribution in [2.75, 3.05) is 33.3 Å². The van der Waals surface area contributed by atoms with E-state index in [1.807, 2.05) is 0 Å². The maximum Gasteiger partial charge on any atom is 0.0448 e. The summed E-state index contributed by atoms with van der Waals surface area (Å²) < 4.78 is 0. The monoisotopic (exact) mass is 256 g/mol. The largest absolute Gasteiger partial charge is 0.396 e. The first-order valence-electron chi connectivity index (χ1n) is 7.31. The molecule has 0 spiro atoms. The van der Waals surface area contributed by atoms with Crippen LogP contribution in [0, 0.1) is 11.3 Å². The fourth-order valence-corrected chi connectivity index (χ4v) is 2.78. The number of rotatable bonds is 6. The average Bonchev–Trinajstić information content (AvgIpc) is 2.27. The Balaban J connectivity index is 2.48. The van der Waals surface area contributed by atoms with Gasteiger partial charge in [-0.3, -0.25) is 0 Å². The SMILES string of the molecule is CN1CCCC(C(C)(C)CNC(C)(C)CCO)C1. The molecule has 0 radical (unpaired) electrons. The van der Waals surface area contributed by atoms with E-state index in [2.05, 4.69) is 45.0 Å². The zero-order chi connectivity index (χ0) is 13.8. The number of aliphatic hydroxyl groups excluding tert-OH is 1. The topological polar surface area (TPSA) is 35.5 Å². The van der Waals surface area contributed by atoms with E-state index in [-0.39, 0.29) is 12.1 Å². The number of aliphatic hydroxyl groups is 1. The van der Waals surface area contributed by atoms with Crippen LogP contribution in [0.15, 0.2) is 0 Å². The summed E-state index contributed by atoms with van der Waals surface area (Å²) in [6.07, 6.45) is 3.48. The van der Waals surface area contributed by atoms with Gasteiger partial charge in [0.15, 0.2) is 0 Å². The summed E-state index contributed by atoms with van der Waals surface area (Å²) in [6, 6.07) is 0. The Morgan fingerprint density at radius 3 is 2.50 bits per heavy atom. The highest BCUT2D eigenvalue weighted by Gasteiger charge is 2.33. The maximum absolute atomic E-state index is 9.07. The van der Waals surface area contributed by atoms with Crippen molar-refractivity contribution in [2.45, 2.75) is 52.5 Å². The van der Waals surface area contributed by atoms with E-state index in [1.165, 1.54) is 25.9 Å². The molecule has 2 N–H and O–H groups in total. The van der Waals surface area contributed by atoms with Gasteiger partial charge < -0.3 is 15.3 Å². The molecule has 0 aromatic rings. The fraction of sp³-hybridized carbons (Fsp3) is 1.00. The first-order valence-corrected chi connectivity index (χ1v) is 7.31. The van der Waals surface area contributed by atoms with Crippen LogP contribution in [-0.2, 0) is 0 Å². The molecule has 0 saturated carbocycles. The van der Waals surface area contributed by atoms with E-state index in [1.54, 1.807) is 0 Å². The summed E-state index contributed by atoms with van der Waals surface area (Å²) >= 11 is 0. The zero-order valence-electron chi connectivity index (χ0n) is 12.9. The smallest absolute Gasteiger partial charge is 0.0448 e. The number of hydrogen-bond donors (Lipinski definition) is 2. The van der Waals surface area contributed by atoms with E-state index in [0.717, 1.165) is 18.9 Å². The van der Waals surface area contributed by atoms with Crippen molar-refractivity contribution in [1.82, 2.24) is 10.2 Å². The zero-order valence-corrected chi connectivity index (χ0v) is 12.9. The van der Waals surface area contributed by atoms with Crippen LogP contribution in [0.2, 0.25) is 0 Å². The normalized spacial score (nSPS) is 23.3. The summed E-state index contributed by atoms with van der Waals surface area (Å²) in [6.45, 7) is 12.8. The molecule has 0 bridgehead atoms. The van der Waals surface area contributed by atoms with Gasteiger partial charge in [0.25, 0.3) is 0 Å². The number of hydrogen-bond acceptors (Lipinski definition) is 3. The molecule has 3 nitrogen and oxygen atoms in total. The standard InChI is InChI=1S/C15H32N2O/c1-14(2,12-16-15(3,4)8-10-18)13-7-6-9-17(5)11-13/h13,16,18H,6-12H2,1-5H3. The highest BCUT2D eigenvalue weighted by molar-refractivity contribution is 4.88. The van der Waals surface area contributed by atoms with Crippen LogP contribution >= 0.6 is 0 Å². The third kappa shape index (κ3) is 4.87. The van der Waals surface area contributed by atoms with E-state index in [9.17, 15) is 0 Å². The maximum atomic E-state index is 9.07. The lowest BCUT2D eigenvalue weighted by Crippen LogP contribution is -2.49. The van der Waals surface area contributed by atoms with Gasteiger partial charge in [0.2, 0.25) is 0 Å². The molecule has 108 valence electrons. The van der Waals surface area contributed by atoms with Crippen molar-refractivity contribution in [3.63, 3.8) is 0 Å². The fourth-order valence-electron chi connectivity index (χ4n) is 2.78. The van der Waals surface area contributed by atoms with Crippen LogP contribution in [-0.4, -0.2) is 48.8 Å². The van der Waals surface area contributed by atoms with Crippen LogP contribution in [0.1, 0.15) is 47.0 Å². The van der Waals surface area contributed by atoms with E-state index < -0.39 is 0 Å². The van der Waals surface area contributed by atoms with Crippen molar-refractivity contribution < 1.29 is 5.11 Å². The van der Waals surface area contributed by atoms with Crippen LogP contribution in [0.4, 0.5) is 0 Å². The molecular formula is C15H32N2O. The van der Waals surface area contributed by atoms with Gasteiger partial charge in [-0.1, -0.05) is 13.8 Å². The second-order valence-electron chi connectivity index (χ2n) is 7.30. The van der Waals surface area contributed by atoms with Gasteiger partial charge in [-0.15, -0.1) is 0 Å². The summed E-state index contributed by atoms with van der Waals surface area (Å²) in [5, 5.41) is 12.7. The predicted molar refractivity (Wildman–Crippen MR) is 77.8 cm³/mol. The lowest BCUT2D eigenvalue weighted by atomic mass is 9.74. The Labute approximate surface area is 113 Å². The molecule has 1 heterocycles. The highest BCUT2D eigenvalue weighted by atomic mass is 16.3.